The van der Waals surface area contributed by atoms with E-state index in [0.717, 1.165) is 12.1 Å². The summed E-state index contributed by atoms with van der Waals surface area (Å²) in [5.74, 6) is -1.21. The molecule has 0 saturated carbocycles. The number of halogens is 2. The van der Waals surface area contributed by atoms with E-state index in [2.05, 4.69) is 10.5 Å². The standard InChI is InChI=1S/C11H10F2N2O/c1-6-4-9(13)7(5-8(6)12)10-2-3-11(16)15-14-10/h4-5H,2-3H2,1H3,(H,15,16). The molecular formula is C11H10F2N2O. The van der Waals surface area contributed by atoms with Gasteiger partial charge in [0.15, 0.2) is 0 Å². The Morgan fingerprint density at radius 3 is 2.62 bits per heavy atom. The van der Waals surface area contributed by atoms with Crippen LogP contribution in [0.15, 0.2) is 17.2 Å². The highest BCUT2D eigenvalue weighted by Crippen LogP contribution is 2.18. The lowest BCUT2D eigenvalue weighted by Gasteiger charge is -2.13. The number of hydrogen-bond acceptors (Lipinski definition) is 2. The molecule has 0 bridgehead atoms. The van der Waals surface area contributed by atoms with Gasteiger partial charge in [0, 0.05) is 18.4 Å². The lowest BCUT2D eigenvalue weighted by Crippen LogP contribution is -2.26. The van der Waals surface area contributed by atoms with Gasteiger partial charge in [0.05, 0.1) is 5.71 Å². The molecule has 1 aliphatic heterocycles. The molecule has 0 fully saturated rings. The first-order valence-electron chi connectivity index (χ1n) is 4.89. The van der Waals surface area contributed by atoms with Crippen LogP contribution in [0.2, 0.25) is 0 Å². The summed E-state index contributed by atoms with van der Waals surface area (Å²) in [5.41, 5.74) is 2.99. The van der Waals surface area contributed by atoms with Gasteiger partial charge in [0.1, 0.15) is 11.6 Å². The molecule has 0 unspecified atom stereocenters. The number of carbonyl (C=O) groups excluding carboxylic acids is 1. The van der Waals surface area contributed by atoms with Gasteiger partial charge in [0.2, 0.25) is 5.91 Å². The van der Waals surface area contributed by atoms with E-state index in [9.17, 15) is 13.6 Å². The molecule has 1 N–H and O–H groups in total. The van der Waals surface area contributed by atoms with Crippen molar-refractivity contribution in [3.8, 4) is 0 Å². The highest BCUT2D eigenvalue weighted by molar-refractivity contribution is 6.04. The molecule has 0 saturated heterocycles. The number of hydrazone groups is 1. The number of nitrogens with zero attached hydrogens (tertiary/aromatic N) is 1. The fourth-order valence-electron chi connectivity index (χ4n) is 1.54. The van der Waals surface area contributed by atoms with E-state index in [1.807, 2.05) is 0 Å². The van der Waals surface area contributed by atoms with Crippen molar-refractivity contribution in [2.45, 2.75) is 19.8 Å². The molecule has 1 aromatic carbocycles. The number of benzene rings is 1. The van der Waals surface area contributed by atoms with Gasteiger partial charge in [-0.3, -0.25) is 4.79 Å². The maximum absolute atomic E-state index is 13.6. The second kappa shape index (κ2) is 4.00. The average Bonchev–Trinajstić information content (AvgIpc) is 2.25. The van der Waals surface area contributed by atoms with E-state index in [0.29, 0.717) is 12.1 Å². The first-order chi connectivity index (χ1) is 7.58. The van der Waals surface area contributed by atoms with Crippen LogP contribution in [-0.4, -0.2) is 11.6 Å². The summed E-state index contributed by atoms with van der Waals surface area (Å²) in [6, 6.07) is 2.24. The minimum atomic E-state index is -0.520. The van der Waals surface area contributed by atoms with Crippen LogP contribution in [0.4, 0.5) is 8.78 Å². The second-order valence-electron chi connectivity index (χ2n) is 3.67. The molecule has 0 spiro atoms. The van der Waals surface area contributed by atoms with Crippen molar-refractivity contribution in [3.63, 3.8) is 0 Å². The third kappa shape index (κ3) is 1.93. The maximum atomic E-state index is 13.6. The minimum Gasteiger partial charge on any atom is -0.273 e. The Bertz CT molecular complexity index is 483. The van der Waals surface area contributed by atoms with E-state index >= 15 is 0 Å². The Morgan fingerprint density at radius 2 is 2.00 bits per heavy atom. The lowest BCUT2D eigenvalue weighted by atomic mass is 10.0. The molecular weight excluding hydrogens is 214 g/mol. The molecule has 0 radical (unpaired) electrons. The molecule has 0 aromatic heterocycles. The smallest absolute Gasteiger partial charge is 0.240 e. The molecule has 0 aliphatic carbocycles. The quantitative estimate of drug-likeness (QED) is 0.777. The van der Waals surface area contributed by atoms with Crippen LogP contribution in [0.5, 0.6) is 0 Å². The largest absolute Gasteiger partial charge is 0.273 e. The topological polar surface area (TPSA) is 41.5 Å². The van der Waals surface area contributed by atoms with Crippen LogP contribution in [0.1, 0.15) is 24.0 Å². The molecule has 0 atom stereocenters. The Hall–Kier alpha value is -1.78. The van der Waals surface area contributed by atoms with Gasteiger partial charge in [-0.25, -0.2) is 14.2 Å². The predicted octanol–water partition coefficient (Wildman–Crippen LogP) is 1.89. The molecule has 1 aliphatic rings. The molecule has 1 heterocycles. The van der Waals surface area contributed by atoms with Gasteiger partial charge in [-0.2, -0.15) is 5.10 Å². The molecule has 84 valence electrons. The van der Waals surface area contributed by atoms with Crippen molar-refractivity contribution >= 4 is 11.6 Å². The molecule has 16 heavy (non-hydrogen) atoms. The zero-order chi connectivity index (χ0) is 11.7. The van der Waals surface area contributed by atoms with Gasteiger partial charge in [-0.05, 0) is 24.6 Å². The van der Waals surface area contributed by atoms with E-state index in [4.69, 9.17) is 0 Å². The molecule has 1 amide bonds. The Labute approximate surface area is 91.2 Å². The van der Waals surface area contributed by atoms with E-state index in [1.165, 1.54) is 6.92 Å². The molecule has 1 aromatic rings. The predicted molar refractivity (Wildman–Crippen MR) is 55.0 cm³/mol. The zero-order valence-corrected chi connectivity index (χ0v) is 8.68. The van der Waals surface area contributed by atoms with E-state index in [1.54, 1.807) is 0 Å². The fraction of sp³-hybridized carbons (Fsp3) is 0.273. The number of aryl methyl sites for hydroxylation is 1. The van der Waals surface area contributed by atoms with Crippen molar-refractivity contribution in [2.24, 2.45) is 5.10 Å². The summed E-state index contributed by atoms with van der Waals surface area (Å²) in [6.07, 6.45) is 0.568. The zero-order valence-electron chi connectivity index (χ0n) is 8.68. The Morgan fingerprint density at radius 1 is 1.25 bits per heavy atom. The minimum absolute atomic E-state index is 0.114. The molecule has 3 nitrogen and oxygen atoms in total. The SMILES string of the molecule is Cc1cc(F)c(C2=NNC(=O)CC2)cc1F. The van der Waals surface area contributed by atoms with Gasteiger partial charge in [0.25, 0.3) is 0 Å². The highest BCUT2D eigenvalue weighted by Gasteiger charge is 2.17. The van der Waals surface area contributed by atoms with Crippen LogP contribution in [0.25, 0.3) is 0 Å². The summed E-state index contributed by atoms with van der Waals surface area (Å²) in [6.45, 7) is 1.49. The number of rotatable bonds is 1. The first kappa shape index (κ1) is 10.7. The average molecular weight is 224 g/mol. The van der Waals surface area contributed by atoms with Gasteiger partial charge in [-0.15, -0.1) is 0 Å². The Kier molecular flexibility index (Phi) is 2.68. The third-order valence-electron chi connectivity index (χ3n) is 2.46. The van der Waals surface area contributed by atoms with E-state index < -0.39 is 11.6 Å². The summed E-state index contributed by atoms with van der Waals surface area (Å²) in [5, 5.41) is 3.72. The van der Waals surface area contributed by atoms with Crippen LogP contribution in [0, 0.1) is 18.6 Å². The number of carbonyl (C=O) groups is 1. The van der Waals surface area contributed by atoms with Crippen molar-refractivity contribution < 1.29 is 13.6 Å². The lowest BCUT2D eigenvalue weighted by molar-refractivity contribution is -0.121. The monoisotopic (exact) mass is 224 g/mol. The van der Waals surface area contributed by atoms with Crippen LogP contribution in [-0.2, 0) is 4.79 Å². The molecule has 2 rings (SSSR count). The van der Waals surface area contributed by atoms with Crippen molar-refractivity contribution in [2.75, 3.05) is 0 Å². The van der Waals surface area contributed by atoms with E-state index in [-0.39, 0.29) is 23.5 Å². The normalized spacial score (nSPS) is 15.7. The third-order valence-corrected chi connectivity index (χ3v) is 2.46. The van der Waals surface area contributed by atoms with Gasteiger partial charge < -0.3 is 0 Å². The maximum Gasteiger partial charge on any atom is 0.240 e. The number of hydrogen-bond donors (Lipinski definition) is 1. The van der Waals surface area contributed by atoms with Crippen molar-refractivity contribution in [1.29, 1.82) is 0 Å². The van der Waals surface area contributed by atoms with Crippen LogP contribution >= 0.6 is 0 Å². The highest BCUT2D eigenvalue weighted by atomic mass is 19.1. The Balaban J connectivity index is 2.41. The number of amides is 1. The van der Waals surface area contributed by atoms with Crippen LogP contribution in [0.3, 0.4) is 0 Å². The second-order valence-corrected chi connectivity index (χ2v) is 3.67. The first-order valence-corrected chi connectivity index (χ1v) is 4.89. The van der Waals surface area contributed by atoms with Gasteiger partial charge >= 0.3 is 0 Å². The summed E-state index contributed by atoms with van der Waals surface area (Å²) >= 11 is 0. The fourth-order valence-corrected chi connectivity index (χ4v) is 1.54. The van der Waals surface area contributed by atoms with Gasteiger partial charge in [-0.1, -0.05) is 0 Å². The molecule has 5 heteroatoms. The summed E-state index contributed by atoms with van der Waals surface area (Å²) < 4.78 is 26.8. The van der Waals surface area contributed by atoms with Crippen LogP contribution < -0.4 is 5.43 Å². The number of nitrogens with one attached hydrogen (secondary N) is 1. The van der Waals surface area contributed by atoms with Crippen molar-refractivity contribution in [3.05, 3.63) is 34.9 Å². The summed E-state index contributed by atoms with van der Waals surface area (Å²) in [4.78, 5) is 10.9. The summed E-state index contributed by atoms with van der Waals surface area (Å²) in [7, 11) is 0. The van der Waals surface area contributed by atoms with Crippen molar-refractivity contribution in [1.82, 2.24) is 5.43 Å².